The third-order valence-corrected chi connectivity index (χ3v) is 2.94. The molecule has 1 aliphatic rings. The second-order valence-corrected chi connectivity index (χ2v) is 4.55. The van der Waals surface area contributed by atoms with Crippen LogP contribution in [-0.2, 0) is 9.53 Å². The number of nitrogens with one attached hydrogen (secondary N) is 1. The Bertz CT molecular complexity index is 429. The Hall–Kier alpha value is -1.30. The van der Waals surface area contributed by atoms with E-state index < -0.39 is 5.60 Å². The van der Waals surface area contributed by atoms with E-state index in [-0.39, 0.29) is 18.4 Å². The fraction of sp³-hybridized carbons (Fsp3) is 0.500. The van der Waals surface area contributed by atoms with Crippen LogP contribution in [0, 0.1) is 0 Å². The lowest BCUT2D eigenvalue weighted by Crippen LogP contribution is -2.54. The van der Waals surface area contributed by atoms with Crippen LogP contribution in [0.15, 0.2) is 24.3 Å². The van der Waals surface area contributed by atoms with Crippen molar-refractivity contribution in [1.82, 2.24) is 5.32 Å². The van der Waals surface area contributed by atoms with E-state index >= 15 is 0 Å². The number of morpholine rings is 1. The highest BCUT2D eigenvalue weighted by Crippen LogP contribution is 2.21. The molecule has 1 fully saturated rings. The molecule has 0 spiro atoms. The molecule has 0 aromatic heterocycles. The molecule has 0 saturated carbocycles. The molecule has 6 heteroatoms. The van der Waals surface area contributed by atoms with Gasteiger partial charge in [0.25, 0.3) is 0 Å². The van der Waals surface area contributed by atoms with Crippen molar-refractivity contribution in [1.29, 1.82) is 0 Å². The normalized spacial score (nSPS) is 21.7. The van der Waals surface area contributed by atoms with Crippen molar-refractivity contribution in [3.05, 3.63) is 24.3 Å². The molecule has 1 aromatic carbocycles. The minimum absolute atomic E-state index is 0. The maximum absolute atomic E-state index is 12.1. The highest BCUT2D eigenvalue weighted by molar-refractivity contribution is 5.85. The Labute approximate surface area is 125 Å². The molecule has 1 aliphatic heterocycles. The number of halogens is 1. The number of ether oxygens (including phenoxy) is 3. The number of benzene rings is 1. The summed E-state index contributed by atoms with van der Waals surface area (Å²) < 4.78 is 16.2. The van der Waals surface area contributed by atoms with E-state index in [9.17, 15) is 4.79 Å². The van der Waals surface area contributed by atoms with Crippen molar-refractivity contribution in [2.75, 3.05) is 26.3 Å². The minimum atomic E-state index is -0.920. The van der Waals surface area contributed by atoms with Gasteiger partial charge in [0.2, 0.25) is 0 Å². The molecule has 1 unspecified atom stereocenters. The van der Waals surface area contributed by atoms with Gasteiger partial charge in [-0.2, -0.15) is 0 Å². The molecule has 0 amide bonds. The standard InChI is InChI=1S/C14H19NO4.ClH/c1-3-17-11-4-6-12(7-5-11)19-13(16)14(2)10-15-8-9-18-14;/h4-7,15H,3,8-10H2,1-2H3;1H. The predicted octanol–water partition coefficient (Wildman–Crippen LogP) is 1.79. The number of hydrogen-bond donors (Lipinski definition) is 1. The zero-order valence-corrected chi connectivity index (χ0v) is 12.5. The second-order valence-electron chi connectivity index (χ2n) is 4.55. The topological polar surface area (TPSA) is 56.8 Å². The fourth-order valence-corrected chi connectivity index (χ4v) is 1.84. The first-order chi connectivity index (χ1) is 9.14. The molecule has 0 aliphatic carbocycles. The predicted molar refractivity (Wildman–Crippen MR) is 77.7 cm³/mol. The summed E-state index contributed by atoms with van der Waals surface area (Å²) in [5.74, 6) is 0.858. The van der Waals surface area contributed by atoms with Crippen molar-refractivity contribution in [2.24, 2.45) is 0 Å². The first-order valence-corrected chi connectivity index (χ1v) is 6.44. The molecule has 0 radical (unpaired) electrons. The third kappa shape index (κ3) is 4.10. The average Bonchev–Trinajstić information content (AvgIpc) is 2.42. The van der Waals surface area contributed by atoms with Crippen LogP contribution in [0.3, 0.4) is 0 Å². The smallest absolute Gasteiger partial charge is 0.344 e. The van der Waals surface area contributed by atoms with Crippen LogP contribution in [0.2, 0.25) is 0 Å². The lowest BCUT2D eigenvalue weighted by atomic mass is 10.1. The number of hydrogen-bond acceptors (Lipinski definition) is 5. The third-order valence-electron chi connectivity index (χ3n) is 2.94. The Morgan fingerprint density at radius 1 is 1.35 bits per heavy atom. The van der Waals surface area contributed by atoms with Crippen LogP contribution >= 0.6 is 12.4 Å². The van der Waals surface area contributed by atoms with Crippen molar-refractivity contribution >= 4 is 18.4 Å². The second kappa shape index (κ2) is 7.47. The van der Waals surface area contributed by atoms with E-state index in [4.69, 9.17) is 14.2 Å². The van der Waals surface area contributed by atoms with Gasteiger partial charge < -0.3 is 19.5 Å². The van der Waals surface area contributed by atoms with Crippen LogP contribution in [0.4, 0.5) is 0 Å². The number of carbonyl (C=O) groups is 1. The van der Waals surface area contributed by atoms with Gasteiger partial charge in [0.05, 0.1) is 13.2 Å². The summed E-state index contributed by atoms with van der Waals surface area (Å²) in [4.78, 5) is 12.1. The van der Waals surface area contributed by atoms with Gasteiger partial charge >= 0.3 is 5.97 Å². The van der Waals surface area contributed by atoms with E-state index in [1.165, 1.54) is 0 Å². The van der Waals surface area contributed by atoms with E-state index in [2.05, 4.69) is 5.32 Å². The number of esters is 1. The SMILES string of the molecule is CCOc1ccc(OC(=O)C2(C)CNCCO2)cc1.Cl. The van der Waals surface area contributed by atoms with Gasteiger partial charge in [-0.1, -0.05) is 0 Å². The molecule has 20 heavy (non-hydrogen) atoms. The highest BCUT2D eigenvalue weighted by Gasteiger charge is 2.38. The van der Waals surface area contributed by atoms with Gasteiger partial charge in [-0.3, -0.25) is 0 Å². The molecule has 1 atom stereocenters. The quantitative estimate of drug-likeness (QED) is 0.679. The zero-order chi connectivity index (χ0) is 13.7. The summed E-state index contributed by atoms with van der Waals surface area (Å²) >= 11 is 0. The Kier molecular flexibility index (Phi) is 6.26. The molecule has 0 bridgehead atoms. The van der Waals surface area contributed by atoms with Crippen molar-refractivity contribution in [2.45, 2.75) is 19.4 Å². The molecule has 112 valence electrons. The lowest BCUT2D eigenvalue weighted by Gasteiger charge is -2.31. The molecule has 1 aromatic rings. The van der Waals surface area contributed by atoms with Crippen molar-refractivity contribution in [3.8, 4) is 11.5 Å². The molecule has 1 N–H and O–H groups in total. The van der Waals surface area contributed by atoms with E-state index in [1.54, 1.807) is 31.2 Å². The van der Waals surface area contributed by atoms with E-state index in [1.807, 2.05) is 6.92 Å². The van der Waals surface area contributed by atoms with Gasteiger partial charge in [-0.15, -0.1) is 12.4 Å². The minimum Gasteiger partial charge on any atom is -0.494 e. The van der Waals surface area contributed by atoms with Crippen molar-refractivity contribution < 1.29 is 19.0 Å². The van der Waals surface area contributed by atoms with Gasteiger partial charge in [0, 0.05) is 13.1 Å². The van der Waals surface area contributed by atoms with E-state index in [0.717, 1.165) is 12.3 Å². The van der Waals surface area contributed by atoms with E-state index in [0.29, 0.717) is 25.5 Å². The van der Waals surface area contributed by atoms with Gasteiger partial charge in [0.1, 0.15) is 11.5 Å². The molecule has 2 rings (SSSR count). The monoisotopic (exact) mass is 301 g/mol. The van der Waals surface area contributed by atoms with Crippen LogP contribution in [-0.4, -0.2) is 37.9 Å². The fourth-order valence-electron chi connectivity index (χ4n) is 1.84. The Balaban J connectivity index is 0.00000200. The molecular formula is C14H20ClNO4. The lowest BCUT2D eigenvalue weighted by molar-refractivity contribution is -0.163. The average molecular weight is 302 g/mol. The summed E-state index contributed by atoms with van der Waals surface area (Å²) in [5, 5.41) is 3.12. The van der Waals surface area contributed by atoms with Gasteiger partial charge in [0.15, 0.2) is 5.60 Å². The Morgan fingerprint density at radius 3 is 2.55 bits per heavy atom. The largest absolute Gasteiger partial charge is 0.494 e. The highest BCUT2D eigenvalue weighted by atomic mass is 35.5. The first kappa shape index (κ1) is 16.8. The maximum atomic E-state index is 12.1. The van der Waals surface area contributed by atoms with Gasteiger partial charge in [-0.05, 0) is 38.1 Å². The first-order valence-electron chi connectivity index (χ1n) is 6.44. The zero-order valence-electron chi connectivity index (χ0n) is 11.7. The number of carbonyl (C=O) groups excluding carboxylic acids is 1. The summed E-state index contributed by atoms with van der Waals surface area (Å²) in [7, 11) is 0. The van der Waals surface area contributed by atoms with Crippen LogP contribution in [0.25, 0.3) is 0 Å². The summed E-state index contributed by atoms with van der Waals surface area (Å²) in [6.07, 6.45) is 0. The number of rotatable bonds is 4. The van der Waals surface area contributed by atoms with Crippen LogP contribution < -0.4 is 14.8 Å². The van der Waals surface area contributed by atoms with Crippen LogP contribution in [0.1, 0.15) is 13.8 Å². The summed E-state index contributed by atoms with van der Waals surface area (Å²) in [6, 6.07) is 6.97. The van der Waals surface area contributed by atoms with Gasteiger partial charge in [-0.25, -0.2) is 4.79 Å². The summed E-state index contributed by atoms with van der Waals surface area (Å²) in [5.41, 5.74) is -0.920. The molecule has 1 saturated heterocycles. The molecule has 1 heterocycles. The summed E-state index contributed by atoms with van der Waals surface area (Å²) in [6.45, 7) is 5.98. The maximum Gasteiger partial charge on any atom is 0.344 e. The molecular weight excluding hydrogens is 282 g/mol. The van der Waals surface area contributed by atoms with Crippen molar-refractivity contribution in [3.63, 3.8) is 0 Å². The van der Waals surface area contributed by atoms with Crippen LogP contribution in [0.5, 0.6) is 11.5 Å². The Morgan fingerprint density at radius 2 is 2.00 bits per heavy atom. The molecule has 5 nitrogen and oxygen atoms in total.